The van der Waals surface area contributed by atoms with Crippen LogP contribution < -0.4 is 24.3 Å². The van der Waals surface area contributed by atoms with Crippen molar-refractivity contribution in [2.45, 2.75) is 38.8 Å². The van der Waals surface area contributed by atoms with E-state index < -0.39 is 11.1 Å². The highest BCUT2D eigenvalue weighted by Crippen LogP contribution is 2.40. The number of anilines is 1. The minimum absolute atomic E-state index is 0.342. The van der Waals surface area contributed by atoms with Crippen LogP contribution in [0, 0.1) is 0 Å². The zero-order valence-electron chi connectivity index (χ0n) is 21.5. The van der Waals surface area contributed by atoms with Crippen molar-refractivity contribution in [3.05, 3.63) is 53.1 Å². The highest BCUT2D eigenvalue weighted by atomic mass is 16.5. The summed E-state index contributed by atoms with van der Waals surface area (Å²) in [6.45, 7) is 7.07. The van der Waals surface area contributed by atoms with E-state index in [1.54, 1.807) is 61.2 Å². The Labute approximate surface area is 206 Å². The summed E-state index contributed by atoms with van der Waals surface area (Å²) < 4.78 is 21.7. The summed E-state index contributed by atoms with van der Waals surface area (Å²) >= 11 is 0. The zero-order valence-corrected chi connectivity index (χ0v) is 21.5. The van der Waals surface area contributed by atoms with Crippen LogP contribution in [0.1, 0.15) is 38.8 Å². The third kappa shape index (κ3) is 5.13. The number of amides is 1. The standard InChI is InChI=1S/C27H33N2O6/c1-26(2)16-19(27(3,4)29(26)31)25(30)28-20-13-17(11-12-21(20)32-5)9-10-18-14-22(33-6)24(35-8)23(15-18)34-7/h9-16H,1-8H3,(H,28,30)/b10-9-. The molecule has 8 heteroatoms. The average Bonchev–Trinajstić information content (AvgIpc) is 3.00. The second-order valence-corrected chi connectivity index (χ2v) is 9.27. The van der Waals surface area contributed by atoms with Crippen molar-refractivity contribution in [3.8, 4) is 23.0 Å². The van der Waals surface area contributed by atoms with E-state index in [4.69, 9.17) is 18.9 Å². The number of ether oxygens (including phenoxy) is 4. The molecule has 1 amide bonds. The molecule has 1 N–H and O–H groups in total. The van der Waals surface area contributed by atoms with Gasteiger partial charge in [-0.1, -0.05) is 24.3 Å². The molecule has 187 valence electrons. The lowest BCUT2D eigenvalue weighted by Crippen LogP contribution is -2.48. The number of hydroxylamine groups is 2. The van der Waals surface area contributed by atoms with Gasteiger partial charge in [-0.3, -0.25) is 4.79 Å². The first-order chi connectivity index (χ1) is 16.5. The molecule has 0 bridgehead atoms. The van der Waals surface area contributed by atoms with Gasteiger partial charge in [-0.15, -0.1) is 10.3 Å². The largest absolute Gasteiger partial charge is 0.495 e. The molecule has 3 rings (SSSR count). The average molecular weight is 482 g/mol. The number of carbonyl (C=O) groups is 1. The molecule has 0 spiro atoms. The lowest BCUT2D eigenvalue weighted by molar-refractivity contribution is -0.238. The summed E-state index contributed by atoms with van der Waals surface area (Å²) in [6, 6.07) is 9.16. The monoisotopic (exact) mass is 481 g/mol. The topological polar surface area (TPSA) is 89.2 Å². The molecule has 1 heterocycles. The maximum Gasteiger partial charge on any atom is 0.253 e. The molecule has 0 fully saturated rings. The number of nitrogens with zero attached hydrogens (tertiary/aromatic N) is 1. The van der Waals surface area contributed by atoms with Crippen LogP contribution in [-0.4, -0.2) is 50.5 Å². The van der Waals surface area contributed by atoms with Crippen LogP contribution in [0.2, 0.25) is 0 Å². The number of nitrogens with one attached hydrogen (secondary N) is 1. The highest BCUT2D eigenvalue weighted by molar-refractivity contribution is 6.06. The van der Waals surface area contributed by atoms with Crippen molar-refractivity contribution in [1.82, 2.24) is 5.06 Å². The molecule has 35 heavy (non-hydrogen) atoms. The molecular weight excluding hydrogens is 448 g/mol. The SMILES string of the molecule is COc1ccc(/C=C\c2cc(OC)c(OC)c(OC)c2)cc1NC(=O)C1=CC(C)(C)N([O])C1(C)C. The van der Waals surface area contributed by atoms with Crippen molar-refractivity contribution in [2.75, 3.05) is 33.8 Å². The van der Waals surface area contributed by atoms with Gasteiger partial charge >= 0.3 is 0 Å². The van der Waals surface area contributed by atoms with Crippen LogP contribution in [0.4, 0.5) is 5.69 Å². The van der Waals surface area contributed by atoms with Gasteiger partial charge in [0.1, 0.15) is 5.75 Å². The molecule has 1 aliphatic heterocycles. The van der Waals surface area contributed by atoms with Gasteiger partial charge in [-0.25, -0.2) is 0 Å². The minimum atomic E-state index is -0.954. The van der Waals surface area contributed by atoms with Crippen LogP contribution in [0.3, 0.4) is 0 Å². The maximum absolute atomic E-state index is 13.2. The fourth-order valence-electron chi connectivity index (χ4n) is 4.27. The summed E-state index contributed by atoms with van der Waals surface area (Å²) in [6.07, 6.45) is 5.52. The second-order valence-electron chi connectivity index (χ2n) is 9.27. The number of rotatable bonds is 8. The van der Waals surface area contributed by atoms with Gasteiger partial charge in [-0.05, 0) is 63.1 Å². The summed E-state index contributed by atoms with van der Waals surface area (Å²) in [5.74, 6) is 1.79. The number of benzene rings is 2. The summed E-state index contributed by atoms with van der Waals surface area (Å²) in [7, 11) is 6.23. The van der Waals surface area contributed by atoms with Gasteiger partial charge in [-0.2, -0.15) is 0 Å². The molecule has 2 aromatic carbocycles. The molecule has 0 atom stereocenters. The van der Waals surface area contributed by atoms with Crippen molar-refractivity contribution in [1.29, 1.82) is 0 Å². The lowest BCUT2D eigenvalue weighted by atomic mass is 9.95. The first-order valence-corrected chi connectivity index (χ1v) is 11.2. The van der Waals surface area contributed by atoms with Gasteiger partial charge < -0.3 is 24.3 Å². The molecule has 0 aliphatic carbocycles. The highest BCUT2D eigenvalue weighted by Gasteiger charge is 2.48. The third-order valence-corrected chi connectivity index (χ3v) is 6.06. The summed E-state index contributed by atoms with van der Waals surface area (Å²) in [5, 5.41) is 16.5. The van der Waals surface area contributed by atoms with E-state index in [9.17, 15) is 10.0 Å². The maximum atomic E-state index is 13.2. The summed E-state index contributed by atoms with van der Waals surface area (Å²) in [4.78, 5) is 13.2. The van der Waals surface area contributed by atoms with E-state index in [-0.39, 0.29) is 5.91 Å². The third-order valence-electron chi connectivity index (χ3n) is 6.06. The Hall–Kier alpha value is -3.49. The Kier molecular flexibility index (Phi) is 7.47. The van der Waals surface area contributed by atoms with Crippen LogP contribution in [0.25, 0.3) is 12.2 Å². The van der Waals surface area contributed by atoms with Gasteiger partial charge in [0.15, 0.2) is 11.5 Å². The fraction of sp³-hybridized carbons (Fsp3) is 0.370. The molecule has 0 unspecified atom stereocenters. The normalized spacial score (nSPS) is 16.7. The van der Waals surface area contributed by atoms with E-state index >= 15 is 0 Å². The zero-order chi connectivity index (χ0) is 26.0. The fourth-order valence-corrected chi connectivity index (χ4v) is 4.27. The Morgan fingerprint density at radius 3 is 1.89 bits per heavy atom. The molecule has 8 nitrogen and oxygen atoms in total. The minimum Gasteiger partial charge on any atom is -0.495 e. The van der Waals surface area contributed by atoms with Crippen molar-refractivity contribution < 1.29 is 28.9 Å². The van der Waals surface area contributed by atoms with E-state index in [1.807, 2.05) is 36.4 Å². The van der Waals surface area contributed by atoms with Gasteiger partial charge in [0, 0.05) is 5.57 Å². The smallest absolute Gasteiger partial charge is 0.253 e. The predicted molar refractivity (Wildman–Crippen MR) is 135 cm³/mol. The van der Waals surface area contributed by atoms with Gasteiger partial charge in [0.05, 0.1) is 45.2 Å². The molecule has 1 aliphatic rings. The van der Waals surface area contributed by atoms with E-state index in [1.165, 1.54) is 7.11 Å². The molecule has 1 radical (unpaired) electrons. The number of hydrogen-bond acceptors (Lipinski definition) is 6. The van der Waals surface area contributed by atoms with Crippen LogP contribution in [-0.2, 0) is 10.0 Å². The lowest BCUT2D eigenvalue weighted by Gasteiger charge is -2.33. The Morgan fingerprint density at radius 1 is 0.829 bits per heavy atom. The van der Waals surface area contributed by atoms with Crippen LogP contribution in [0.15, 0.2) is 42.0 Å². The van der Waals surface area contributed by atoms with Crippen molar-refractivity contribution >= 4 is 23.7 Å². The number of methoxy groups -OCH3 is 4. The molecule has 0 saturated carbocycles. The number of carbonyl (C=O) groups excluding carboxylic acids is 1. The Morgan fingerprint density at radius 2 is 1.40 bits per heavy atom. The Balaban J connectivity index is 1.90. The molecular formula is C27H33N2O6. The van der Waals surface area contributed by atoms with E-state index in [2.05, 4.69) is 5.32 Å². The van der Waals surface area contributed by atoms with Crippen molar-refractivity contribution in [2.24, 2.45) is 0 Å². The van der Waals surface area contributed by atoms with Crippen LogP contribution in [0.5, 0.6) is 23.0 Å². The Bertz CT molecular complexity index is 1140. The number of hydrogen-bond donors (Lipinski definition) is 1. The quantitative estimate of drug-likeness (QED) is 0.535. The molecule has 2 aromatic rings. The van der Waals surface area contributed by atoms with Gasteiger partial charge in [0.25, 0.3) is 5.91 Å². The first kappa shape index (κ1) is 26.1. The first-order valence-electron chi connectivity index (χ1n) is 11.2. The molecule has 0 aromatic heterocycles. The van der Waals surface area contributed by atoms with E-state index in [0.29, 0.717) is 34.3 Å². The van der Waals surface area contributed by atoms with Gasteiger partial charge in [0.2, 0.25) is 5.75 Å². The van der Waals surface area contributed by atoms with Crippen molar-refractivity contribution in [3.63, 3.8) is 0 Å². The van der Waals surface area contributed by atoms with Crippen LogP contribution >= 0.6 is 0 Å². The predicted octanol–water partition coefficient (Wildman–Crippen LogP) is 4.97. The van der Waals surface area contributed by atoms with E-state index in [0.717, 1.165) is 16.2 Å². The second kappa shape index (κ2) is 10.0. The molecule has 0 saturated heterocycles. The summed E-state index contributed by atoms with van der Waals surface area (Å²) in [5.41, 5.74) is 0.869.